The maximum atomic E-state index is 13.1. The van der Waals surface area contributed by atoms with Gasteiger partial charge in [0.25, 0.3) is 0 Å². The van der Waals surface area contributed by atoms with Crippen LogP contribution in [0.3, 0.4) is 0 Å². The molecule has 1 saturated heterocycles. The molecular weight excluding hydrogens is 432 g/mol. The minimum absolute atomic E-state index is 0.0137. The quantitative estimate of drug-likeness (QED) is 0.407. The summed E-state index contributed by atoms with van der Waals surface area (Å²) < 4.78 is 38.1. The van der Waals surface area contributed by atoms with Gasteiger partial charge in [-0.1, -0.05) is 18.2 Å². The number of hydrogen-bond donors (Lipinski definition) is 1. The lowest BCUT2D eigenvalue weighted by Gasteiger charge is -2.29. The van der Waals surface area contributed by atoms with Gasteiger partial charge < -0.3 is 19.5 Å². The van der Waals surface area contributed by atoms with Crippen LogP contribution in [0.25, 0.3) is 0 Å². The Kier molecular flexibility index (Phi) is 8.26. The Bertz CT molecular complexity index is 1000. The van der Waals surface area contributed by atoms with E-state index < -0.39 is 22.5 Å². The van der Waals surface area contributed by atoms with E-state index in [4.69, 9.17) is 9.47 Å². The molecule has 1 aliphatic rings. The first-order valence-corrected chi connectivity index (χ1v) is 11.8. The summed E-state index contributed by atoms with van der Waals surface area (Å²) in [5.41, 5.74) is 1.73. The molecule has 9 heteroatoms. The Morgan fingerprint density at radius 1 is 1.12 bits per heavy atom. The average Bonchev–Trinajstić information content (AvgIpc) is 2.80. The van der Waals surface area contributed by atoms with Gasteiger partial charge in [-0.05, 0) is 48.4 Å². The Labute approximate surface area is 188 Å². The topological polar surface area (TPSA) is 96.4 Å². The number of aliphatic carboxylic acids is 1. The van der Waals surface area contributed by atoms with Gasteiger partial charge in [0.1, 0.15) is 12.3 Å². The third-order valence-corrected chi connectivity index (χ3v) is 6.84. The number of nitrogens with zero attached hydrogens (tertiary/aromatic N) is 2. The molecule has 1 heterocycles. The second-order valence-corrected chi connectivity index (χ2v) is 9.27. The number of carboxylic acid groups (broad SMARTS) is 1. The molecular formula is C23H28N2O6S. The Morgan fingerprint density at radius 2 is 1.78 bits per heavy atom. The van der Waals surface area contributed by atoms with Crippen molar-refractivity contribution in [1.82, 2.24) is 4.31 Å². The van der Waals surface area contributed by atoms with Gasteiger partial charge in [-0.2, -0.15) is 4.31 Å². The Hall–Kier alpha value is -2.88. The minimum atomic E-state index is -4.01. The van der Waals surface area contributed by atoms with Gasteiger partial charge in [-0.3, -0.25) is 4.79 Å². The number of anilines is 1. The highest BCUT2D eigenvalue weighted by Crippen LogP contribution is 2.23. The monoisotopic (exact) mass is 460 g/mol. The third kappa shape index (κ3) is 6.32. The van der Waals surface area contributed by atoms with Gasteiger partial charge in [-0.15, -0.1) is 6.58 Å². The molecule has 1 N–H and O–H groups in total. The number of carboxylic acids is 1. The summed E-state index contributed by atoms with van der Waals surface area (Å²) in [6.45, 7) is 6.33. The van der Waals surface area contributed by atoms with Crippen LogP contribution in [0, 0.1) is 0 Å². The van der Waals surface area contributed by atoms with Gasteiger partial charge >= 0.3 is 5.97 Å². The number of sulfonamides is 1. The molecule has 0 atom stereocenters. The fourth-order valence-corrected chi connectivity index (χ4v) is 4.71. The lowest BCUT2D eigenvalue weighted by atomic mass is 10.2. The third-order valence-electron chi connectivity index (χ3n) is 5.04. The molecule has 2 aromatic rings. The summed E-state index contributed by atoms with van der Waals surface area (Å²) in [5, 5.41) is 9.30. The van der Waals surface area contributed by atoms with Crippen LogP contribution in [0.1, 0.15) is 12.0 Å². The second-order valence-electron chi connectivity index (χ2n) is 7.33. The van der Waals surface area contributed by atoms with Gasteiger partial charge in [0.05, 0.1) is 24.7 Å². The molecule has 0 aromatic heterocycles. The van der Waals surface area contributed by atoms with Crippen molar-refractivity contribution >= 4 is 21.7 Å². The zero-order valence-corrected chi connectivity index (χ0v) is 18.7. The molecule has 0 unspecified atom stereocenters. The molecule has 0 amide bonds. The van der Waals surface area contributed by atoms with Gasteiger partial charge in [0.15, 0.2) is 0 Å². The van der Waals surface area contributed by atoms with Crippen molar-refractivity contribution in [2.75, 3.05) is 44.4 Å². The Balaban J connectivity index is 1.74. The molecule has 0 bridgehead atoms. The predicted molar refractivity (Wildman–Crippen MR) is 121 cm³/mol. The van der Waals surface area contributed by atoms with E-state index in [-0.39, 0.29) is 11.4 Å². The van der Waals surface area contributed by atoms with Crippen molar-refractivity contribution < 1.29 is 27.8 Å². The van der Waals surface area contributed by atoms with Crippen molar-refractivity contribution in [3.63, 3.8) is 0 Å². The van der Waals surface area contributed by atoms with Crippen LogP contribution >= 0.6 is 0 Å². The summed E-state index contributed by atoms with van der Waals surface area (Å²) >= 11 is 0. The van der Waals surface area contributed by atoms with E-state index in [1.807, 2.05) is 24.3 Å². The molecule has 32 heavy (non-hydrogen) atoms. The van der Waals surface area contributed by atoms with Crippen LogP contribution in [-0.2, 0) is 26.1 Å². The predicted octanol–water partition coefficient (Wildman–Crippen LogP) is 2.75. The minimum Gasteiger partial charge on any atom is -0.493 e. The van der Waals surface area contributed by atoms with Crippen molar-refractivity contribution in [2.45, 2.75) is 17.9 Å². The molecule has 0 aliphatic carbocycles. The van der Waals surface area contributed by atoms with Crippen LogP contribution in [0.4, 0.5) is 5.69 Å². The molecule has 0 spiro atoms. The van der Waals surface area contributed by atoms with E-state index in [2.05, 4.69) is 11.5 Å². The smallest absolute Gasteiger partial charge is 0.318 e. The summed E-state index contributed by atoms with van der Waals surface area (Å²) in [6.07, 6.45) is 2.41. The Morgan fingerprint density at radius 3 is 2.38 bits per heavy atom. The van der Waals surface area contributed by atoms with E-state index in [9.17, 15) is 18.3 Å². The molecule has 1 fully saturated rings. The highest BCUT2D eigenvalue weighted by Gasteiger charge is 2.27. The van der Waals surface area contributed by atoms with E-state index >= 15 is 0 Å². The standard InChI is InChI=1S/C23H28N2O6S/c1-2-3-14-31-21-8-10-22(11-9-21)32(28,29)25(18-23(26)27)17-19-4-6-20(7-5-19)24-12-15-30-16-13-24/h2,4-11H,1,3,12-18H2,(H,26,27). The first kappa shape index (κ1) is 23.8. The molecule has 0 radical (unpaired) electrons. The van der Waals surface area contributed by atoms with Crippen molar-refractivity contribution in [2.24, 2.45) is 0 Å². The van der Waals surface area contributed by atoms with Crippen molar-refractivity contribution in [1.29, 1.82) is 0 Å². The fraction of sp³-hybridized carbons (Fsp3) is 0.348. The normalized spacial score (nSPS) is 14.3. The summed E-state index contributed by atoms with van der Waals surface area (Å²) in [7, 11) is -4.01. The number of rotatable bonds is 11. The van der Waals surface area contributed by atoms with Crippen LogP contribution in [0.5, 0.6) is 5.75 Å². The molecule has 8 nitrogen and oxygen atoms in total. The SMILES string of the molecule is C=CCCOc1ccc(S(=O)(=O)N(CC(=O)O)Cc2ccc(N3CCOCC3)cc2)cc1. The number of carbonyl (C=O) groups is 1. The zero-order valence-electron chi connectivity index (χ0n) is 17.9. The van der Waals surface area contributed by atoms with Gasteiger partial charge in [0.2, 0.25) is 10.0 Å². The number of ether oxygens (including phenoxy) is 2. The number of hydrogen-bond acceptors (Lipinski definition) is 6. The van der Waals surface area contributed by atoms with Crippen LogP contribution < -0.4 is 9.64 Å². The number of morpholine rings is 1. The average molecular weight is 461 g/mol. The summed E-state index contributed by atoms with van der Waals surface area (Å²) in [6, 6.07) is 13.5. The van der Waals surface area contributed by atoms with E-state index in [0.717, 1.165) is 23.1 Å². The molecule has 0 saturated carbocycles. The fourth-order valence-electron chi connectivity index (χ4n) is 3.33. The maximum absolute atomic E-state index is 13.1. The van der Waals surface area contributed by atoms with E-state index in [0.29, 0.717) is 37.6 Å². The van der Waals surface area contributed by atoms with Crippen LogP contribution in [0.15, 0.2) is 66.1 Å². The van der Waals surface area contributed by atoms with Gasteiger partial charge in [0, 0.05) is 25.3 Å². The lowest BCUT2D eigenvalue weighted by molar-refractivity contribution is -0.137. The molecule has 1 aliphatic heterocycles. The van der Waals surface area contributed by atoms with E-state index in [1.165, 1.54) is 12.1 Å². The summed E-state index contributed by atoms with van der Waals surface area (Å²) in [5.74, 6) is -0.683. The highest BCUT2D eigenvalue weighted by molar-refractivity contribution is 7.89. The van der Waals surface area contributed by atoms with Crippen LogP contribution in [0.2, 0.25) is 0 Å². The van der Waals surface area contributed by atoms with Crippen molar-refractivity contribution in [3.8, 4) is 5.75 Å². The molecule has 3 rings (SSSR count). The van der Waals surface area contributed by atoms with Crippen molar-refractivity contribution in [3.05, 3.63) is 66.7 Å². The maximum Gasteiger partial charge on any atom is 0.318 e. The number of benzene rings is 2. The lowest BCUT2D eigenvalue weighted by Crippen LogP contribution is -2.36. The molecule has 2 aromatic carbocycles. The summed E-state index contributed by atoms with van der Waals surface area (Å²) in [4.78, 5) is 13.6. The highest BCUT2D eigenvalue weighted by atomic mass is 32.2. The first-order chi connectivity index (χ1) is 15.4. The second kappa shape index (κ2) is 11.1. The first-order valence-electron chi connectivity index (χ1n) is 10.4. The molecule has 172 valence electrons. The zero-order chi connectivity index (χ0) is 23.0. The van der Waals surface area contributed by atoms with Crippen LogP contribution in [-0.4, -0.2) is 63.3 Å². The van der Waals surface area contributed by atoms with Gasteiger partial charge in [-0.25, -0.2) is 8.42 Å². The largest absolute Gasteiger partial charge is 0.493 e. The van der Waals surface area contributed by atoms with E-state index in [1.54, 1.807) is 18.2 Å².